The van der Waals surface area contributed by atoms with Crippen molar-refractivity contribution in [1.29, 1.82) is 0 Å². The maximum atomic E-state index is 4.36. The molecule has 0 aliphatic rings. The van der Waals surface area contributed by atoms with Crippen LogP contribution < -0.4 is 5.32 Å². The van der Waals surface area contributed by atoms with Crippen molar-refractivity contribution < 1.29 is 0 Å². The van der Waals surface area contributed by atoms with Gasteiger partial charge in [-0.3, -0.25) is 0 Å². The van der Waals surface area contributed by atoms with E-state index in [2.05, 4.69) is 39.4 Å². The van der Waals surface area contributed by atoms with Crippen LogP contribution in [-0.4, -0.2) is 23.5 Å². The van der Waals surface area contributed by atoms with E-state index >= 15 is 0 Å². The van der Waals surface area contributed by atoms with Crippen LogP contribution in [0.2, 0.25) is 0 Å². The molecule has 0 fully saturated rings. The third kappa shape index (κ3) is 5.54. The van der Waals surface area contributed by atoms with Gasteiger partial charge in [0.2, 0.25) is 0 Å². The summed E-state index contributed by atoms with van der Waals surface area (Å²) >= 11 is 5.26. The third-order valence-corrected chi connectivity index (χ3v) is 3.37. The molecule has 2 nitrogen and oxygen atoms in total. The lowest BCUT2D eigenvalue weighted by Gasteiger charge is -2.10. The van der Waals surface area contributed by atoms with Gasteiger partial charge in [0.1, 0.15) is 4.60 Å². The van der Waals surface area contributed by atoms with Gasteiger partial charge in [-0.15, -0.1) is 0 Å². The zero-order chi connectivity index (χ0) is 11.1. The summed E-state index contributed by atoms with van der Waals surface area (Å²) in [6.07, 6.45) is 2.15. The van der Waals surface area contributed by atoms with Crippen LogP contribution in [0.3, 0.4) is 0 Å². The molecule has 15 heavy (non-hydrogen) atoms. The Morgan fingerprint density at radius 2 is 2.33 bits per heavy atom. The molecule has 4 heteroatoms. The lowest BCUT2D eigenvalue weighted by atomic mass is 10.2. The topological polar surface area (TPSA) is 24.9 Å². The molecule has 0 radical (unpaired) electrons. The minimum Gasteiger partial charge on any atom is -0.311 e. The molecule has 1 unspecified atom stereocenters. The van der Waals surface area contributed by atoms with Crippen molar-refractivity contribution in [3.63, 3.8) is 0 Å². The second-order valence-corrected chi connectivity index (χ2v) is 5.37. The molecule has 0 bridgehead atoms. The fourth-order valence-corrected chi connectivity index (χ4v) is 2.41. The maximum Gasteiger partial charge on any atom is 0.106 e. The largest absolute Gasteiger partial charge is 0.311 e. The van der Waals surface area contributed by atoms with Gasteiger partial charge in [0.15, 0.2) is 0 Å². The van der Waals surface area contributed by atoms with E-state index in [-0.39, 0.29) is 0 Å². The lowest BCUT2D eigenvalue weighted by molar-refractivity contribution is 0.555. The average Bonchev–Trinajstić information content (AvgIpc) is 2.18. The standard InChI is InChI=1S/C11H17BrN2S/c1-9(8-15-2)6-13-7-10-4-3-5-11(12)14-10/h3-5,9,13H,6-8H2,1-2H3. The highest BCUT2D eigenvalue weighted by atomic mass is 79.9. The Labute approximate surface area is 104 Å². The SMILES string of the molecule is CSCC(C)CNCc1cccc(Br)n1. The summed E-state index contributed by atoms with van der Waals surface area (Å²) in [4.78, 5) is 4.36. The van der Waals surface area contributed by atoms with Crippen LogP contribution in [0.4, 0.5) is 0 Å². The zero-order valence-electron chi connectivity index (χ0n) is 9.16. The molecule has 0 aliphatic carbocycles. The van der Waals surface area contributed by atoms with Gasteiger partial charge in [-0.05, 0) is 52.5 Å². The Bertz CT molecular complexity index is 294. The quantitative estimate of drug-likeness (QED) is 0.815. The molecule has 1 N–H and O–H groups in total. The molecule has 1 atom stereocenters. The smallest absolute Gasteiger partial charge is 0.106 e. The molecule has 0 spiro atoms. The van der Waals surface area contributed by atoms with E-state index in [1.54, 1.807) is 0 Å². The Morgan fingerprint density at radius 1 is 1.53 bits per heavy atom. The molecule has 0 saturated carbocycles. The van der Waals surface area contributed by atoms with Crippen LogP contribution in [0.5, 0.6) is 0 Å². The first-order chi connectivity index (χ1) is 7.22. The van der Waals surface area contributed by atoms with Crippen molar-refractivity contribution in [2.24, 2.45) is 5.92 Å². The first-order valence-corrected chi connectivity index (χ1v) is 7.22. The molecular weight excluding hydrogens is 272 g/mol. The fourth-order valence-electron chi connectivity index (χ4n) is 1.34. The van der Waals surface area contributed by atoms with Crippen LogP contribution in [0.1, 0.15) is 12.6 Å². The van der Waals surface area contributed by atoms with Crippen LogP contribution in [-0.2, 0) is 6.54 Å². The van der Waals surface area contributed by atoms with E-state index < -0.39 is 0 Å². The summed E-state index contributed by atoms with van der Waals surface area (Å²) in [6.45, 7) is 4.16. The summed E-state index contributed by atoms with van der Waals surface area (Å²) in [5.74, 6) is 1.92. The van der Waals surface area contributed by atoms with Gasteiger partial charge in [-0.2, -0.15) is 11.8 Å². The van der Waals surface area contributed by atoms with Gasteiger partial charge in [0.25, 0.3) is 0 Å². The minimum atomic E-state index is 0.715. The number of halogens is 1. The van der Waals surface area contributed by atoms with Crippen LogP contribution in [0.25, 0.3) is 0 Å². The van der Waals surface area contributed by atoms with Gasteiger partial charge in [-0.1, -0.05) is 13.0 Å². The number of nitrogens with one attached hydrogen (secondary N) is 1. The summed E-state index contributed by atoms with van der Waals surface area (Å²) < 4.78 is 0.902. The fraction of sp³-hybridized carbons (Fsp3) is 0.545. The van der Waals surface area contributed by atoms with E-state index in [9.17, 15) is 0 Å². The van der Waals surface area contributed by atoms with Gasteiger partial charge in [0, 0.05) is 6.54 Å². The van der Waals surface area contributed by atoms with Gasteiger partial charge in [-0.25, -0.2) is 4.98 Å². The summed E-state index contributed by atoms with van der Waals surface area (Å²) in [5, 5.41) is 3.42. The molecule has 1 rings (SSSR count). The Balaban J connectivity index is 2.25. The molecule has 0 aliphatic heterocycles. The van der Waals surface area contributed by atoms with Crippen molar-refractivity contribution in [1.82, 2.24) is 10.3 Å². The number of rotatable bonds is 6. The molecule has 1 heterocycles. The summed E-state index contributed by atoms with van der Waals surface area (Å²) in [6, 6.07) is 6.00. The van der Waals surface area contributed by atoms with Crippen LogP contribution in [0, 0.1) is 5.92 Å². The molecule has 1 aromatic heterocycles. The highest BCUT2D eigenvalue weighted by molar-refractivity contribution is 9.10. The van der Waals surface area contributed by atoms with E-state index in [1.165, 1.54) is 5.75 Å². The van der Waals surface area contributed by atoms with Crippen molar-refractivity contribution in [3.05, 3.63) is 28.5 Å². The predicted molar refractivity (Wildman–Crippen MR) is 71.2 cm³/mol. The van der Waals surface area contributed by atoms with E-state index in [1.807, 2.05) is 30.0 Å². The van der Waals surface area contributed by atoms with Crippen LogP contribution >= 0.6 is 27.7 Å². The monoisotopic (exact) mass is 288 g/mol. The maximum absolute atomic E-state index is 4.36. The molecule has 1 aromatic rings. The Morgan fingerprint density at radius 3 is 3.00 bits per heavy atom. The van der Waals surface area contributed by atoms with E-state index in [0.717, 1.165) is 23.4 Å². The van der Waals surface area contributed by atoms with Gasteiger partial charge in [0.05, 0.1) is 5.69 Å². The zero-order valence-corrected chi connectivity index (χ0v) is 11.6. The third-order valence-electron chi connectivity index (χ3n) is 2.02. The van der Waals surface area contributed by atoms with Crippen molar-refractivity contribution in [3.8, 4) is 0 Å². The van der Waals surface area contributed by atoms with Crippen molar-refractivity contribution in [2.45, 2.75) is 13.5 Å². The van der Waals surface area contributed by atoms with Crippen molar-refractivity contribution in [2.75, 3.05) is 18.6 Å². The Hall–Kier alpha value is -0.0600. The molecule has 0 amide bonds. The molecule has 0 aromatic carbocycles. The van der Waals surface area contributed by atoms with Crippen LogP contribution in [0.15, 0.2) is 22.8 Å². The highest BCUT2D eigenvalue weighted by Crippen LogP contribution is 2.06. The average molecular weight is 289 g/mol. The second-order valence-electron chi connectivity index (χ2n) is 3.64. The summed E-state index contributed by atoms with van der Waals surface area (Å²) in [7, 11) is 0. The number of pyridine rings is 1. The second kappa shape index (κ2) is 7.25. The normalized spacial score (nSPS) is 12.7. The van der Waals surface area contributed by atoms with Gasteiger partial charge >= 0.3 is 0 Å². The predicted octanol–water partition coefficient (Wildman–Crippen LogP) is 2.93. The number of thioether (sulfide) groups is 1. The first-order valence-electron chi connectivity index (χ1n) is 5.03. The number of hydrogen-bond acceptors (Lipinski definition) is 3. The number of aromatic nitrogens is 1. The highest BCUT2D eigenvalue weighted by Gasteiger charge is 2.00. The van der Waals surface area contributed by atoms with Gasteiger partial charge < -0.3 is 5.32 Å². The van der Waals surface area contributed by atoms with E-state index in [4.69, 9.17) is 0 Å². The molecule has 84 valence electrons. The lowest BCUT2D eigenvalue weighted by Crippen LogP contribution is -2.22. The number of nitrogens with zero attached hydrogens (tertiary/aromatic N) is 1. The molecular formula is C11H17BrN2S. The molecule has 0 saturated heterocycles. The Kier molecular flexibility index (Phi) is 6.29. The van der Waals surface area contributed by atoms with E-state index in [0.29, 0.717) is 5.92 Å². The van der Waals surface area contributed by atoms with Crippen molar-refractivity contribution >= 4 is 27.7 Å². The number of hydrogen-bond donors (Lipinski definition) is 1. The first kappa shape index (κ1) is 13.0. The summed E-state index contributed by atoms with van der Waals surface area (Å²) in [5.41, 5.74) is 1.08. The minimum absolute atomic E-state index is 0.715.